The zero-order valence-corrected chi connectivity index (χ0v) is 13.1. The molecule has 0 aliphatic rings. The van der Waals surface area contributed by atoms with Crippen molar-refractivity contribution in [1.29, 1.82) is 0 Å². The van der Waals surface area contributed by atoms with Crippen molar-refractivity contribution in [2.24, 2.45) is 0 Å². The number of hydrogen-bond donors (Lipinski definition) is 1. The van der Waals surface area contributed by atoms with Crippen molar-refractivity contribution in [1.82, 2.24) is 10.3 Å². The van der Waals surface area contributed by atoms with Crippen LogP contribution in [0, 0.1) is 0 Å². The monoisotopic (exact) mass is 282 g/mol. The van der Waals surface area contributed by atoms with E-state index in [0.717, 1.165) is 25.8 Å². The van der Waals surface area contributed by atoms with Gasteiger partial charge in [-0.1, -0.05) is 50.2 Å². The molecule has 1 heterocycles. The van der Waals surface area contributed by atoms with Crippen LogP contribution in [0.2, 0.25) is 0 Å². The molecule has 0 aliphatic heterocycles. The van der Waals surface area contributed by atoms with Gasteiger partial charge < -0.3 is 5.32 Å². The number of pyridine rings is 1. The predicted molar refractivity (Wildman–Crippen MR) is 89.5 cm³/mol. The molecule has 0 bridgehead atoms. The van der Waals surface area contributed by atoms with E-state index in [1.54, 1.807) is 0 Å². The number of aromatic nitrogens is 1. The van der Waals surface area contributed by atoms with Gasteiger partial charge >= 0.3 is 0 Å². The molecule has 0 saturated carbocycles. The van der Waals surface area contributed by atoms with Gasteiger partial charge in [-0.15, -0.1) is 0 Å². The molecule has 112 valence electrons. The fraction of sp³-hybridized carbons (Fsp3) is 0.421. The molecule has 0 aliphatic carbocycles. The van der Waals surface area contributed by atoms with Gasteiger partial charge in [-0.3, -0.25) is 4.98 Å². The van der Waals surface area contributed by atoms with E-state index in [4.69, 9.17) is 0 Å². The smallest absolute Gasteiger partial charge is 0.0300 e. The highest BCUT2D eigenvalue weighted by Crippen LogP contribution is 2.25. The summed E-state index contributed by atoms with van der Waals surface area (Å²) in [6.07, 6.45) is 7.16. The van der Waals surface area contributed by atoms with Crippen molar-refractivity contribution in [2.45, 2.75) is 45.1 Å². The van der Waals surface area contributed by atoms with E-state index < -0.39 is 0 Å². The third-order valence-electron chi connectivity index (χ3n) is 3.99. The maximum absolute atomic E-state index is 4.25. The second-order valence-electron chi connectivity index (χ2n) is 5.55. The molecule has 1 aromatic heterocycles. The standard InChI is InChI=1S/C19H26N2/c1-3-12-21-19(14-16-9-8-13-20-15-16)18(4-2)17-10-6-5-7-11-17/h5-11,13,15,18-19,21H,3-4,12,14H2,1-2H3. The molecule has 21 heavy (non-hydrogen) atoms. The Morgan fingerprint density at radius 2 is 1.86 bits per heavy atom. The molecule has 2 atom stereocenters. The Kier molecular flexibility index (Phi) is 6.42. The van der Waals surface area contributed by atoms with Crippen molar-refractivity contribution >= 4 is 0 Å². The SMILES string of the molecule is CCCNC(Cc1cccnc1)C(CC)c1ccccc1. The van der Waals surface area contributed by atoms with Crippen LogP contribution in [0.5, 0.6) is 0 Å². The van der Waals surface area contributed by atoms with Crippen molar-refractivity contribution in [3.63, 3.8) is 0 Å². The van der Waals surface area contributed by atoms with Crippen molar-refractivity contribution in [3.8, 4) is 0 Å². The summed E-state index contributed by atoms with van der Waals surface area (Å²) >= 11 is 0. The third-order valence-corrected chi connectivity index (χ3v) is 3.99. The van der Waals surface area contributed by atoms with Crippen molar-refractivity contribution < 1.29 is 0 Å². The van der Waals surface area contributed by atoms with E-state index in [9.17, 15) is 0 Å². The Balaban J connectivity index is 2.17. The van der Waals surface area contributed by atoms with E-state index in [0.29, 0.717) is 12.0 Å². The lowest BCUT2D eigenvalue weighted by Gasteiger charge is -2.28. The van der Waals surface area contributed by atoms with Crippen molar-refractivity contribution in [2.75, 3.05) is 6.54 Å². The lowest BCUT2D eigenvalue weighted by Crippen LogP contribution is -2.37. The van der Waals surface area contributed by atoms with E-state index in [1.807, 2.05) is 18.5 Å². The molecule has 2 unspecified atom stereocenters. The first-order valence-electron chi connectivity index (χ1n) is 8.02. The molecular weight excluding hydrogens is 256 g/mol. The van der Waals surface area contributed by atoms with Crippen molar-refractivity contribution in [3.05, 3.63) is 66.0 Å². The minimum Gasteiger partial charge on any atom is -0.313 e. The van der Waals surface area contributed by atoms with Crippen LogP contribution in [-0.2, 0) is 6.42 Å². The van der Waals surface area contributed by atoms with Gasteiger partial charge in [0.25, 0.3) is 0 Å². The molecule has 1 aromatic carbocycles. The fourth-order valence-electron chi connectivity index (χ4n) is 2.91. The highest BCUT2D eigenvalue weighted by Gasteiger charge is 2.21. The Hall–Kier alpha value is -1.67. The highest BCUT2D eigenvalue weighted by molar-refractivity contribution is 5.23. The van der Waals surface area contributed by atoms with E-state index >= 15 is 0 Å². The highest BCUT2D eigenvalue weighted by atomic mass is 14.9. The first kappa shape index (κ1) is 15.7. The summed E-state index contributed by atoms with van der Waals surface area (Å²) in [4.78, 5) is 4.25. The lowest BCUT2D eigenvalue weighted by molar-refractivity contribution is 0.419. The third kappa shape index (κ3) is 4.68. The molecule has 0 spiro atoms. The lowest BCUT2D eigenvalue weighted by atomic mass is 9.86. The van der Waals surface area contributed by atoms with Crippen LogP contribution in [-0.4, -0.2) is 17.6 Å². The summed E-state index contributed by atoms with van der Waals surface area (Å²) in [6.45, 7) is 5.56. The topological polar surface area (TPSA) is 24.9 Å². The van der Waals surface area contributed by atoms with Crippen LogP contribution in [0.3, 0.4) is 0 Å². The Bertz CT molecular complexity index is 495. The first-order chi connectivity index (χ1) is 10.3. The average molecular weight is 282 g/mol. The Morgan fingerprint density at radius 3 is 2.48 bits per heavy atom. The number of rotatable bonds is 8. The second-order valence-corrected chi connectivity index (χ2v) is 5.55. The summed E-state index contributed by atoms with van der Waals surface area (Å²) in [5.74, 6) is 0.540. The minimum atomic E-state index is 0.460. The number of nitrogens with one attached hydrogen (secondary N) is 1. The van der Waals surface area contributed by atoms with Crippen LogP contribution in [0.15, 0.2) is 54.9 Å². The van der Waals surface area contributed by atoms with Gasteiger partial charge in [0.2, 0.25) is 0 Å². The van der Waals surface area contributed by atoms with E-state index in [2.05, 4.69) is 60.5 Å². The zero-order chi connectivity index (χ0) is 14.9. The maximum Gasteiger partial charge on any atom is 0.0300 e. The molecule has 2 rings (SSSR count). The molecule has 1 N–H and O–H groups in total. The summed E-state index contributed by atoms with van der Waals surface area (Å²) in [5, 5.41) is 3.74. The second kappa shape index (κ2) is 8.58. The van der Waals surface area contributed by atoms with Gasteiger partial charge in [0.15, 0.2) is 0 Å². The summed E-state index contributed by atoms with van der Waals surface area (Å²) < 4.78 is 0. The molecule has 2 aromatic rings. The Labute approximate surface area is 128 Å². The van der Waals surface area contributed by atoms with Crippen LogP contribution >= 0.6 is 0 Å². The van der Waals surface area contributed by atoms with Gasteiger partial charge in [-0.25, -0.2) is 0 Å². The van der Waals surface area contributed by atoms with Crippen LogP contribution in [0.4, 0.5) is 0 Å². The number of nitrogens with zero attached hydrogens (tertiary/aromatic N) is 1. The number of benzene rings is 1. The summed E-state index contributed by atoms with van der Waals surface area (Å²) in [7, 11) is 0. The van der Waals surface area contributed by atoms with Crippen LogP contribution in [0.1, 0.15) is 43.7 Å². The van der Waals surface area contributed by atoms with Gasteiger partial charge in [0.1, 0.15) is 0 Å². The molecule has 2 nitrogen and oxygen atoms in total. The predicted octanol–water partition coefficient (Wildman–Crippen LogP) is 4.19. The normalized spacial score (nSPS) is 13.8. The molecule has 0 amide bonds. The average Bonchev–Trinajstić information content (AvgIpc) is 2.55. The Morgan fingerprint density at radius 1 is 1.05 bits per heavy atom. The van der Waals surface area contributed by atoms with Gasteiger partial charge in [-0.05, 0) is 48.9 Å². The molecule has 2 heteroatoms. The quantitative estimate of drug-likeness (QED) is 0.785. The molecule has 0 radical (unpaired) electrons. The molecule has 0 saturated heterocycles. The molecular formula is C19H26N2. The zero-order valence-electron chi connectivity index (χ0n) is 13.1. The van der Waals surface area contributed by atoms with Gasteiger partial charge in [0, 0.05) is 18.4 Å². The van der Waals surface area contributed by atoms with E-state index in [1.165, 1.54) is 11.1 Å². The maximum atomic E-state index is 4.25. The summed E-state index contributed by atoms with van der Waals surface area (Å²) in [6, 6.07) is 15.5. The van der Waals surface area contributed by atoms with E-state index in [-0.39, 0.29) is 0 Å². The molecule has 0 fully saturated rings. The van der Waals surface area contributed by atoms with Crippen LogP contribution in [0.25, 0.3) is 0 Å². The summed E-state index contributed by atoms with van der Waals surface area (Å²) in [5.41, 5.74) is 2.73. The van der Waals surface area contributed by atoms with Gasteiger partial charge in [-0.2, -0.15) is 0 Å². The van der Waals surface area contributed by atoms with Gasteiger partial charge in [0.05, 0.1) is 0 Å². The number of hydrogen-bond acceptors (Lipinski definition) is 2. The largest absolute Gasteiger partial charge is 0.313 e. The fourth-order valence-corrected chi connectivity index (χ4v) is 2.91. The van der Waals surface area contributed by atoms with Crippen LogP contribution < -0.4 is 5.32 Å². The minimum absolute atomic E-state index is 0.460. The first-order valence-corrected chi connectivity index (χ1v) is 8.02.